The predicted molar refractivity (Wildman–Crippen MR) is 113 cm³/mol. The van der Waals surface area contributed by atoms with Crippen LogP contribution >= 0.6 is 11.8 Å². The number of rotatable bonds is 4. The van der Waals surface area contributed by atoms with Gasteiger partial charge in [0.05, 0.1) is 28.4 Å². The lowest BCUT2D eigenvalue weighted by molar-refractivity contribution is 0.0724. The van der Waals surface area contributed by atoms with E-state index in [0.717, 1.165) is 32.4 Å². The van der Waals surface area contributed by atoms with Crippen LogP contribution < -0.4 is 5.56 Å². The van der Waals surface area contributed by atoms with Crippen molar-refractivity contribution in [3.63, 3.8) is 0 Å². The number of amides is 1. The molecule has 0 aliphatic carbocycles. The average Bonchev–Trinajstić information content (AvgIpc) is 2.78. The molecule has 0 unspecified atom stereocenters. The maximum Gasteiger partial charge on any atom is 0.266 e. The molecule has 29 heavy (non-hydrogen) atoms. The van der Waals surface area contributed by atoms with Gasteiger partial charge in [0.2, 0.25) is 0 Å². The summed E-state index contributed by atoms with van der Waals surface area (Å²) in [5, 5.41) is 9.89. The molecule has 1 aliphatic rings. The lowest BCUT2D eigenvalue weighted by Crippen LogP contribution is -2.35. The fourth-order valence-electron chi connectivity index (χ4n) is 3.58. The molecule has 146 valence electrons. The Kier molecular flexibility index (Phi) is 5.63. The van der Waals surface area contributed by atoms with Crippen LogP contribution in [-0.4, -0.2) is 39.2 Å². The second-order valence-corrected chi connectivity index (χ2v) is 7.84. The number of fused-ring (bicyclic) bond motifs is 1. The maximum atomic E-state index is 13.2. The number of nitriles is 1. The number of thioether (sulfide) groups is 1. The third-order valence-electron chi connectivity index (χ3n) is 5.01. The van der Waals surface area contributed by atoms with Crippen LogP contribution in [0.5, 0.6) is 0 Å². The zero-order valence-corrected chi connectivity index (χ0v) is 16.7. The Hall–Kier alpha value is -3.11. The van der Waals surface area contributed by atoms with Crippen LogP contribution in [0.4, 0.5) is 0 Å². The van der Waals surface area contributed by atoms with Crippen molar-refractivity contribution in [3.8, 4) is 11.8 Å². The van der Waals surface area contributed by atoms with Crippen LogP contribution in [0, 0.1) is 11.3 Å². The first kappa shape index (κ1) is 19.2. The molecule has 4 rings (SSSR count). The van der Waals surface area contributed by atoms with Gasteiger partial charge in [-0.25, -0.2) is 4.98 Å². The van der Waals surface area contributed by atoms with Crippen molar-refractivity contribution >= 4 is 28.6 Å². The van der Waals surface area contributed by atoms with Gasteiger partial charge < -0.3 is 4.90 Å². The largest absolute Gasteiger partial charge is 0.339 e. The summed E-state index contributed by atoms with van der Waals surface area (Å²) in [6.07, 6.45) is 3.20. The summed E-state index contributed by atoms with van der Waals surface area (Å²) in [5.74, 6) is 0.156. The molecule has 1 amide bonds. The van der Waals surface area contributed by atoms with Gasteiger partial charge in [0, 0.05) is 18.7 Å². The zero-order valence-electron chi connectivity index (χ0n) is 15.9. The maximum absolute atomic E-state index is 13.2. The van der Waals surface area contributed by atoms with Crippen molar-refractivity contribution in [1.82, 2.24) is 14.5 Å². The number of carbonyl (C=O) groups is 1. The van der Waals surface area contributed by atoms with Gasteiger partial charge in [-0.15, -0.1) is 0 Å². The molecule has 0 spiro atoms. The van der Waals surface area contributed by atoms with Crippen LogP contribution in [0.15, 0.2) is 58.5 Å². The molecule has 2 aromatic carbocycles. The molecule has 0 saturated carbocycles. The van der Waals surface area contributed by atoms with Crippen LogP contribution in [0.2, 0.25) is 0 Å². The molecule has 7 heteroatoms. The third-order valence-corrected chi connectivity index (χ3v) is 5.81. The average molecular weight is 404 g/mol. The van der Waals surface area contributed by atoms with E-state index in [1.54, 1.807) is 18.2 Å². The standard InChI is InChI=1S/C22H20N4O2S/c23-11-14-29-22-24-19-15-16(20(27)25-12-5-2-6-13-25)9-10-18(19)21(28)26(22)17-7-3-1-4-8-17/h1,3-4,7-10,15H,2,5-6,12-14H2. The van der Waals surface area contributed by atoms with E-state index >= 15 is 0 Å². The molecule has 1 fully saturated rings. The lowest BCUT2D eigenvalue weighted by atomic mass is 10.1. The van der Waals surface area contributed by atoms with Crippen LogP contribution in [0.3, 0.4) is 0 Å². The third kappa shape index (κ3) is 3.89. The van der Waals surface area contributed by atoms with Gasteiger partial charge in [-0.3, -0.25) is 14.2 Å². The number of aromatic nitrogens is 2. The highest BCUT2D eigenvalue weighted by Crippen LogP contribution is 2.22. The van der Waals surface area contributed by atoms with Crippen molar-refractivity contribution in [2.24, 2.45) is 0 Å². The monoisotopic (exact) mass is 404 g/mol. The SMILES string of the molecule is N#CCSc1nc2cc(C(=O)N3CCCCC3)ccc2c(=O)n1-c1ccccc1. The molecule has 0 atom stereocenters. The van der Waals surface area contributed by atoms with Gasteiger partial charge in [-0.05, 0) is 49.6 Å². The van der Waals surface area contributed by atoms with Gasteiger partial charge in [-0.1, -0.05) is 30.0 Å². The number of piperidine rings is 1. The summed E-state index contributed by atoms with van der Waals surface area (Å²) < 4.78 is 1.52. The molecule has 1 saturated heterocycles. The Labute approximate surface area is 172 Å². The van der Waals surface area contributed by atoms with Crippen molar-refractivity contribution in [2.75, 3.05) is 18.8 Å². The van der Waals surface area contributed by atoms with Gasteiger partial charge in [0.25, 0.3) is 11.5 Å². The first-order chi connectivity index (χ1) is 14.2. The number of nitrogens with zero attached hydrogens (tertiary/aromatic N) is 4. The van der Waals surface area contributed by atoms with Crippen molar-refractivity contribution in [1.29, 1.82) is 5.26 Å². The molecule has 3 aromatic rings. The highest BCUT2D eigenvalue weighted by atomic mass is 32.2. The summed E-state index contributed by atoms with van der Waals surface area (Å²) >= 11 is 1.21. The molecule has 0 radical (unpaired) electrons. The zero-order chi connectivity index (χ0) is 20.2. The minimum atomic E-state index is -0.210. The fraction of sp³-hybridized carbons (Fsp3) is 0.273. The fourth-order valence-corrected chi connectivity index (χ4v) is 4.25. The minimum Gasteiger partial charge on any atom is -0.339 e. The molecule has 2 heterocycles. The van der Waals surface area contributed by atoms with Gasteiger partial charge in [0.15, 0.2) is 5.16 Å². The Morgan fingerprint density at radius 1 is 1.10 bits per heavy atom. The molecule has 0 bridgehead atoms. The van der Waals surface area contributed by atoms with Crippen LogP contribution in [0.1, 0.15) is 29.6 Å². The van der Waals surface area contributed by atoms with E-state index in [9.17, 15) is 9.59 Å². The Morgan fingerprint density at radius 3 is 2.59 bits per heavy atom. The van der Waals surface area contributed by atoms with E-state index in [4.69, 9.17) is 5.26 Å². The van der Waals surface area contributed by atoms with E-state index in [2.05, 4.69) is 11.1 Å². The second-order valence-electron chi connectivity index (χ2n) is 6.90. The molecular weight excluding hydrogens is 384 g/mol. The van der Waals surface area contributed by atoms with Crippen LogP contribution in [-0.2, 0) is 0 Å². The van der Waals surface area contributed by atoms with Gasteiger partial charge in [0.1, 0.15) is 0 Å². The summed E-state index contributed by atoms with van der Waals surface area (Å²) in [6, 6.07) is 16.4. The first-order valence-electron chi connectivity index (χ1n) is 9.60. The van der Waals surface area contributed by atoms with Crippen molar-refractivity contribution < 1.29 is 4.79 Å². The van der Waals surface area contributed by atoms with E-state index in [0.29, 0.717) is 27.3 Å². The molecule has 1 aliphatic heterocycles. The number of hydrogen-bond donors (Lipinski definition) is 0. The predicted octanol–water partition coefficient (Wildman–Crippen LogP) is 3.63. The Balaban J connectivity index is 1.82. The second kappa shape index (κ2) is 8.50. The first-order valence-corrected chi connectivity index (χ1v) is 10.6. The highest BCUT2D eigenvalue weighted by molar-refractivity contribution is 7.99. The van der Waals surface area contributed by atoms with E-state index < -0.39 is 0 Å². The molecule has 6 nitrogen and oxygen atoms in total. The quantitative estimate of drug-likeness (QED) is 0.490. The Bertz CT molecular complexity index is 1150. The van der Waals surface area contributed by atoms with E-state index in [1.165, 1.54) is 16.3 Å². The van der Waals surface area contributed by atoms with Gasteiger partial charge in [-0.2, -0.15) is 5.26 Å². The molecule has 1 aromatic heterocycles. The van der Waals surface area contributed by atoms with Crippen LogP contribution in [0.25, 0.3) is 16.6 Å². The number of para-hydroxylation sites is 1. The van der Waals surface area contributed by atoms with E-state index in [-0.39, 0.29) is 17.2 Å². The summed E-state index contributed by atoms with van der Waals surface area (Å²) in [4.78, 5) is 32.6. The normalized spacial score (nSPS) is 14.0. The number of carbonyl (C=O) groups excluding carboxylic acids is 1. The minimum absolute atomic E-state index is 0.0214. The van der Waals surface area contributed by atoms with E-state index in [1.807, 2.05) is 35.2 Å². The summed E-state index contributed by atoms with van der Waals surface area (Å²) in [5.41, 5.74) is 1.50. The Morgan fingerprint density at radius 2 is 1.86 bits per heavy atom. The summed E-state index contributed by atoms with van der Waals surface area (Å²) in [6.45, 7) is 1.53. The summed E-state index contributed by atoms with van der Waals surface area (Å²) in [7, 11) is 0. The molecule has 0 N–H and O–H groups in total. The topological polar surface area (TPSA) is 79.0 Å². The lowest BCUT2D eigenvalue weighted by Gasteiger charge is -2.26. The van der Waals surface area contributed by atoms with Crippen molar-refractivity contribution in [2.45, 2.75) is 24.4 Å². The number of hydrogen-bond acceptors (Lipinski definition) is 5. The molecular formula is C22H20N4O2S. The van der Waals surface area contributed by atoms with Gasteiger partial charge >= 0.3 is 0 Å². The smallest absolute Gasteiger partial charge is 0.266 e. The highest BCUT2D eigenvalue weighted by Gasteiger charge is 2.20. The van der Waals surface area contributed by atoms with Crippen molar-refractivity contribution in [3.05, 3.63) is 64.4 Å². The number of likely N-dealkylation sites (tertiary alicyclic amines) is 1. The number of benzene rings is 2.